The highest BCUT2D eigenvalue weighted by Gasteiger charge is 2.35. The van der Waals surface area contributed by atoms with Crippen LogP contribution in [0, 0.1) is 0 Å². The number of nitrogens with zero attached hydrogens (tertiary/aromatic N) is 1. The predicted molar refractivity (Wildman–Crippen MR) is 67.4 cm³/mol. The van der Waals surface area contributed by atoms with Gasteiger partial charge >= 0.3 is 0 Å². The van der Waals surface area contributed by atoms with Crippen molar-refractivity contribution in [3.8, 4) is 0 Å². The highest BCUT2D eigenvalue weighted by atomic mass is 35.5. The standard InChI is InChI=1S/C13H14ClNO3/c14-5-10(17)7-15-6-9-3-1-2-4-11(9)13(15)12(18)8-16/h1-4,8,10,13,17H,5-7H2. The van der Waals surface area contributed by atoms with Gasteiger partial charge in [-0.1, -0.05) is 24.3 Å². The molecule has 0 aromatic heterocycles. The van der Waals surface area contributed by atoms with Crippen LogP contribution in [0.5, 0.6) is 0 Å². The zero-order valence-corrected chi connectivity index (χ0v) is 10.5. The summed E-state index contributed by atoms with van der Waals surface area (Å²) in [6.07, 6.45) is -0.365. The summed E-state index contributed by atoms with van der Waals surface area (Å²) in [5.41, 5.74) is 1.86. The maximum absolute atomic E-state index is 11.7. The van der Waals surface area contributed by atoms with Crippen LogP contribution in [0.25, 0.3) is 0 Å². The van der Waals surface area contributed by atoms with Gasteiger partial charge in [0.15, 0.2) is 6.29 Å². The first-order chi connectivity index (χ1) is 8.67. The third-order valence-corrected chi connectivity index (χ3v) is 3.45. The van der Waals surface area contributed by atoms with E-state index in [2.05, 4.69) is 0 Å². The monoisotopic (exact) mass is 267 g/mol. The van der Waals surface area contributed by atoms with E-state index in [1.54, 1.807) is 4.90 Å². The SMILES string of the molecule is O=CC(=O)C1c2ccccc2CN1CC(O)CCl. The Labute approximate surface area is 110 Å². The zero-order chi connectivity index (χ0) is 13.1. The van der Waals surface area contributed by atoms with Crippen LogP contribution in [-0.4, -0.2) is 40.6 Å². The number of ketones is 1. The lowest BCUT2D eigenvalue weighted by Gasteiger charge is -2.24. The van der Waals surface area contributed by atoms with E-state index in [1.807, 2.05) is 24.3 Å². The third kappa shape index (κ3) is 2.46. The van der Waals surface area contributed by atoms with Gasteiger partial charge in [-0.2, -0.15) is 0 Å². The largest absolute Gasteiger partial charge is 0.391 e. The maximum atomic E-state index is 11.7. The average molecular weight is 268 g/mol. The fraction of sp³-hybridized carbons (Fsp3) is 0.385. The van der Waals surface area contributed by atoms with Crippen molar-refractivity contribution < 1.29 is 14.7 Å². The molecule has 2 atom stereocenters. The van der Waals surface area contributed by atoms with Gasteiger partial charge < -0.3 is 5.11 Å². The number of hydrogen-bond donors (Lipinski definition) is 1. The molecule has 96 valence electrons. The molecule has 2 unspecified atom stereocenters. The molecule has 1 aliphatic heterocycles. The lowest BCUT2D eigenvalue weighted by molar-refractivity contribution is -0.133. The van der Waals surface area contributed by atoms with E-state index in [-0.39, 0.29) is 12.4 Å². The molecule has 4 nitrogen and oxygen atoms in total. The number of benzene rings is 1. The van der Waals surface area contributed by atoms with Crippen molar-refractivity contribution in [1.82, 2.24) is 4.90 Å². The van der Waals surface area contributed by atoms with E-state index >= 15 is 0 Å². The summed E-state index contributed by atoms with van der Waals surface area (Å²) in [6.45, 7) is 0.830. The van der Waals surface area contributed by atoms with Crippen molar-refractivity contribution in [3.05, 3.63) is 35.4 Å². The van der Waals surface area contributed by atoms with Crippen molar-refractivity contribution in [3.63, 3.8) is 0 Å². The van der Waals surface area contributed by atoms with Gasteiger partial charge in [0.1, 0.15) is 6.04 Å². The minimum Gasteiger partial charge on any atom is -0.391 e. The van der Waals surface area contributed by atoms with Gasteiger partial charge in [0.25, 0.3) is 0 Å². The van der Waals surface area contributed by atoms with E-state index in [4.69, 9.17) is 11.6 Å². The second-order valence-electron chi connectivity index (χ2n) is 4.36. The number of carbonyl (C=O) groups excluding carboxylic acids is 2. The summed E-state index contributed by atoms with van der Waals surface area (Å²) >= 11 is 5.57. The Balaban J connectivity index is 2.28. The molecule has 1 heterocycles. The van der Waals surface area contributed by atoms with Crippen LogP contribution in [0.3, 0.4) is 0 Å². The summed E-state index contributed by atoms with van der Waals surface area (Å²) in [5, 5.41) is 9.60. The molecule has 0 aliphatic carbocycles. The molecule has 0 saturated carbocycles. The topological polar surface area (TPSA) is 57.6 Å². The minimum atomic E-state index is -0.706. The van der Waals surface area contributed by atoms with Crippen molar-refractivity contribution >= 4 is 23.7 Å². The van der Waals surface area contributed by atoms with Gasteiger partial charge in [0.05, 0.1) is 6.10 Å². The number of rotatable bonds is 5. The van der Waals surface area contributed by atoms with Crippen molar-refractivity contribution in [1.29, 1.82) is 0 Å². The second kappa shape index (κ2) is 5.61. The number of β-amino-alcohol motifs (C(OH)–C–C–N with tert-alkyl or cyclic N) is 1. The molecule has 2 rings (SSSR count). The van der Waals surface area contributed by atoms with Crippen molar-refractivity contribution in [2.45, 2.75) is 18.7 Å². The lowest BCUT2D eigenvalue weighted by Crippen LogP contribution is -2.35. The quantitative estimate of drug-likeness (QED) is 0.489. The predicted octanol–water partition coefficient (Wildman–Crippen LogP) is 0.911. The maximum Gasteiger partial charge on any atom is 0.216 e. The molecular weight excluding hydrogens is 254 g/mol. The Morgan fingerprint density at radius 1 is 1.56 bits per heavy atom. The molecule has 0 saturated heterocycles. The van der Waals surface area contributed by atoms with Crippen LogP contribution in [-0.2, 0) is 16.1 Å². The van der Waals surface area contributed by atoms with Crippen LogP contribution < -0.4 is 0 Å². The van der Waals surface area contributed by atoms with Crippen LogP contribution in [0.2, 0.25) is 0 Å². The number of fused-ring (bicyclic) bond motifs is 1. The first kappa shape index (κ1) is 13.2. The summed E-state index contributed by atoms with van der Waals surface area (Å²) in [7, 11) is 0. The first-order valence-electron chi connectivity index (χ1n) is 5.72. The highest BCUT2D eigenvalue weighted by molar-refractivity contribution is 6.27. The number of alkyl halides is 1. The number of aliphatic hydroxyl groups excluding tert-OH is 1. The van der Waals surface area contributed by atoms with E-state index in [9.17, 15) is 14.7 Å². The van der Waals surface area contributed by atoms with E-state index in [0.29, 0.717) is 12.8 Å². The molecule has 0 fully saturated rings. The molecule has 1 aromatic carbocycles. The lowest BCUT2D eigenvalue weighted by atomic mass is 10.0. The number of aldehydes is 1. The van der Waals surface area contributed by atoms with Gasteiger partial charge in [-0.3, -0.25) is 14.5 Å². The van der Waals surface area contributed by atoms with Crippen LogP contribution in [0.15, 0.2) is 24.3 Å². The van der Waals surface area contributed by atoms with E-state index in [1.165, 1.54) is 0 Å². The van der Waals surface area contributed by atoms with Crippen molar-refractivity contribution in [2.75, 3.05) is 12.4 Å². The number of halogens is 1. The smallest absolute Gasteiger partial charge is 0.216 e. The molecule has 1 aliphatic rings. The Bertz CT molecular complexity index is 463. The van der Waals surface area contributed by atoms with E-state index < -0.39 is 17.9 Å². The number of Topliss-reactive ketones (excluding diaryl/α,β-unsaturated/α-hetero) is 1. The minimum absolute atomic E-state index is 0.106. The van der Waals surface area contributed by atoms with Gasteiger partial charge in [-0.15, -0.1) is 11.6 Å². The Morgan fingerprint density at radius 3 is 2.94 bits per heavy atom. The molecule has 1 N–H and O–H groups in total. The molecule has 1 aromatic rings. The fourth-order valence-corrected chi connectivity index (χ4v) is 2.44. The Kier molecular flexibility index (Phi) is 4.11. The van der Waals surface area contributed by atoms with Crippen molar-refractivity contribution in [2.24, 2.45) is 0 Å². The van der Waals surface area contributed by atoms with Gasteiger partial charge in [0, 0.05) is 19.0 Å². The second-order valence-corrected chi connectivity index (χ2v) is 4.67. The van der Waals surface area contributed by atoms with Crippen LogP contribution in [0.1, 0.15) is 17.2 Å². The number of carbonyl (C=O) groups is 2. The number of aliphatic hydroxyl groups is 1. The fourth-order valence-electron chi connectivity index (χ4n) is 2.34. The number of hydrogen-bond acceptors (Lipinski definition) is 4. The van der Waals surface area contributed by atoms with Gasteiger partial charge in [0.2, 0.25) is 5.78 Å². The summed E-state index contributed by atoms with van der Waals surface area (Å²) in [6, 6.07) is 6.91. The molecule has 5 heteroatoms. The van der Waals surface area contributed by atoms with Crippen LogP contribution in [0.4, 0.5) is 0 Å². The first-order valence-corrected chi connectivity index (χ1v) is 6.25. The van der Waals surface area contributed by atoms with Gasteiger partial charge in [-0.25, -0.2) is 0 Å². The molecule has 0 bridgehead atoms. The normalized spacial score (nSPS) is 20.4. The third-order valence-electron chi connectivity index (χ3n) is 3.10. The Morgan fingerprint density at radius 2 is 2.28 bits per heavy atom. The summed E-state index contributed by atoms with van der Waals surface area (Å²) in [5.74, 6) is -0.379. The Hall–Kier alpha value is -1.23. The molecule has 0 amide bonds. The van der Waals surface area contributed by atoms with E-state index in [0.717, 1.165) is 11.1 Å². The van der Waals surface area contributed by atoms with Gasteiger partial charge in [-0.05, 0) is 11.1 Å². The molecular formula is C13H14ClNO3. The molecule has 18 heavy (non-hydrogen) atoms. The average Bonchev–Trinajstić information content (AvgIpc) is 2.75. The van der Waals surface area contributed by atoms with Crippen LogP contribution >= 0.6 is 11.6 Å². The summed E-state index contributed by atoms with van der Waals surface area (Å²) < 4.78 is 0. The summed E-state index contributed by atoms with van der Waals surface area (Å²) in [4.78, 5) is 24.3. The molecule has 0 radical (unpaired) electrons. The highest BCUT2D eigenvalue weighted by Crippen LogP contribution is 2.33. The zero-order valence-electron chi connectivity index (χ0n) is 9.75. The molecule has 0 spiro atoms.